The monoisotopic (exact) mass is 457 g/mol. The van der Waals surface area contributed by atoms with Crippen LogP contribution in [0.4, 0.5) is 0 Å². The first-order chi connectivity index (χ1) is 14.3. The number of aliphatic hydroxyl groups is 3. The van der Waals surface area contributed by atoms with Crippen LogP contribution in [0.15, 0.2) is 28.3 Å². The lowest BCUT2D eigenvalue weighted by molar-refractivity contribution is -0.129. The predicted octanol–water partition coefficient (Wildman–Crippen LogP) is 0.676. The standard InChI is InChI=1S/C19H25Cl2N5O4/c1-19(29)14(28)18(26-6-5-10-16(25-22-2)23-8-24-17(10)26)30-15(19)13(27)9-3-4-11(20)12(21)7-9/h3-4,7-8,10,13-15,17-18,22,27-29H,5-6H2,1-2H3,(H,23,24,25)/t10?,13-,14+,15-,17?,18-,19+/m1/s1. The zero-order chi connectivity index (χ0) is 21.6. The van der Waals surface area contributed by atoms with E-state index in [-0.39, 0.29) is 17.1 Å². The SMILES string of the molecule is CN/N=C1/N=CNC2C1CCN2[C@@H]1O[C@H]([C@H](O)c2ccc(Cl)c(Cl)c2)[C@@](C)(O)[C@H]1O. The van der Waals surface area contributed by atoms with Gasteiger partial charge in [-0.2, -0.15) is 5.10 Å². The summed E-state index contributed by atoms with van der Waals surface area (Å²) in [5, 5.41) is 40.9. The zero-order valence-corrected chi connectivity index (χ0v) is 18.0. The number of hydrogen-bond donors (Lipinski definition) is 5. The number of fused-ring (bicyclic) bond motifs is 1. The van der Waals surface area contributed by atoms with Gasteiger partial charge in [0.25, 0.3) is 0 Å². The summed E-state index contributed by atoms with van der Waals surface area (Å²) in [5.74, 6) is 0.664. The maximum atomic E-state index is 11.0. The molecule has 164 valence electrons. The van der Waals surface area contributed by atoms with Crippen molar-refractivity contribution in [1.29, 1.82) is 0 Å². The van der Waals surface area contributed by atoms with E-state index >= 15 is 0 Å². The summed E-state index contributed by atoms with van der Waals surface area (Å²) in [7, 11) is 1.71. The van der Waals surface area contributed by atoms with Crippen LogP contribution in [0.2, 0.25) is 10.0 Å². The highest BCUT2D eigenvalue weighted by Gasteiger charge is 2.59. The molecule has 0 aliphatic carbocycles. The summed E-state index contributed by atoms with van der Waals surface area (Å²) < 4.78 is 6.06. The highest BCUT2D eigenvalue weighted by molar-refractivity contribution is 6.42. The normalized spacial score (nSPS) is 38.5. The molecular formula is C19H25Cl2N5O4. The third-order valence-electron chi connectivity index (χ3n) is 6.07. The Labute approximate surface area is 184 Å². The van der Waals surface area contributed by atoms with Gasteiger partial charge in [0.05, 0.1) is 28.5 Å². The number of nitrogens with zero attached hydrogens (tertiary/aromatic N) is 3. The van der Waals surface area contributed by atoms with Gasteiger partial charge in [-0.05, 0) is 31.0 Å². The number of hydrazone groups is 1. The molecule has 0 amide bonds. The summed E-state index contributed by atoms with van der Waals surface area (Å²) in [6.45, 7) is 2.06. The Balaban J connectivity index is 1.57. The van der Waals surface area contributed by atoms with Gasteiger partial charge in [-0.3, -0.25) is 4.90 Å². The number of aliphatic hydroxyl groups excluding tert-OH is 2. The van der Waals surface area contributed by atoms with E-state index in [1.807, 2.05) is 4.90 Å². The number of aliphatic imine (C=N–C) groups is 1. The molecule has 0 aromatic heterocycles. The van der Waals surface area contributed by atoms with Crippen molar-refractivity contribution in [3.05, 3.63) is 33.8 Å². The second-order valence-corrected chi connectivity index (χ2v) is 8.75. The first-order valence-electron chi connectivity index (χ1n) is 9.73. The van der Waals surface area contributed by atoms with Crippen molar-refractivity contribution in [3.8, 4) is 0 Å². The number of nitrogens with one attached hydrogen (secondary N) is 2. The zero-order valence-electron chi connectivity index (χ0n) is 16.5. The molecule has 0 radical (unpaired) electrons. The number of benzene rings is 1. The number of ether oxygens (including phenoxy) is 1. The van der Waals surface area contributed by atoms with Gasteiger partial charge in [0.1, 0.15) is 30.1 Å². The van der Waals surface area contributed by atoms with Crippen molar-refractivity contribution in [1.82, 2.24) is 15.6 Å². The van der Waals surface area contributed by atoms with E-state index in [0.29, 0.717) is 23.0 Å². The van der Waals surface area contributed by atoms with E-state index in [9.17, 15) is 15.3 Å². The van der Waals surface area contributed by atoms with E-state index in [0.717, 1.165) is 6.42 Å². The molecule has 0 spiro atoms. The van der Waals surface area contributed by atoms with Crippen molar-refractivity contribution in [3.63, 3.8) is 0 Å². The molecule has 0 saturated carbocycles. The van der Waals surface area contributed by atoms with Crippen LogP contribution >= 0.6 is 23.2 Å². The van der Waals surface area contributed by atoms with Crippen molar-refractivity contribution < 1.29 is 20.1 Å². The largest absolute Gasteiger partial charge is 0.386 e. The highest BCUT2D eigenvalue weighted by Crippen LogP contribution is 2.42. The summed E-state index contributed by atoms with van der Waals surface area (Å²) in [4.78, 5) is 6.21. The van der Waals surface area contributed by atoms with E-state index in [1.54, 1.807) is 25.5 Å². The number of amidine groups is 1. The van der Waals surface area contributed by atoms with Gasteiger partial charge < -0.3 is 30.8 Å². The summed E-state index contributed by atoms with van der Waals surface area (Å²) in [6, 6.07) is 4.71. The Kier molecular flexibility index (Phi) is 5.97. The van der Waals surface area contributed by atoms with Crippen molar-refractivity contribution >= 4 is 35.4 Å². The molecule has 1 aromatic carbocycles. The van der Waals surface area contributed by atoms with Crippen LogP contribution in [0, 0.1) is 5.92 Å². The lowest BCUT2D eigenvalue weighted by atomic mass is 9.88. The van der Waals surface area contributed by atoms with Crippen LogP contribution in [0.1, 0.15) is 25.0 Å². The van der Waals surface area contributed by atoms with Gasteiger partial charge in [0.2, 0.25) is 0 Å². The molecule has 1 aromatic rings. The van der Waals surface area contributed by atoms with Gasteiger partial charge >= 0.3 is 0 Å². The first kappa shape index (κ1) is 21.8. The topological polar surface area (TPSA) is 122 Å². The first-order valence-corrected chi connectivity index (χ1v) is 10.5. The third-order valence-corrected chi connectivity index (χ3v) is 6.81. The fourth-order valence-electron chi connectivity index (χ4n) is 4.43. The maximum Gasteiger partial charge on any atom is 0.156 e. The van der Waals surface area contributed by atoms with Gasteiger partial charge in [0.15, 0.2) is 5.84 Å². The molecule has 3 aliphatic heterocycles. The number of likely N-dealkylation sites (tertiary alicyclic amines) is 1. The minimum atomic E-state index is -1.70. The smallest absolute Gasteiger partial charge is 0.156 e. The molecule has 30 heavy (non-hydrogen) atoms. The fraction of sp³-hybridized carbons (Fsp3) is 0.579. The molecule has 3 heterocycles. The van der Waals surface area contributed by atoms with E-state index < -0.39 is 30.1 Å². The van der Waals surface area contributed by atoms with Crippen LogP contribution in [0.5, 0.6) is 0 Å². The minimum Gasteiger partial charge on any atom is -0.386 e. The van der Waals surface area contributed by atoms with Crippen LogP contribution in [0.3, 0.4) is 0 Å². The Morgan fingerprint density at radius 3 is 2.87 bits per heavy atom. The van der Waals surface area contributed by atoms with Gasteiger partial charge in [-0.25, -0.2) is 4.99 Å². The number of halogens is 2. The highest BCUT2D eigenvalue weighted by atomic mass is 35.5. The molecule has 3 aliphatic rings. The fourth-order valence-corrected chi connectivity index (χ4v) is 4.74. The molecule has 9 nitrogen and oxygen atoms in total. The Bertz CT molecular complexity index is 867. The molecule has 2 unspecified atom stereocenters. The summed E-state index contributed by atoms with van der Waals surface area (Å²) in [5.41, 5.74) is 1.50. The van der Waals surface area contributed by atoms with E-state index in [2.05, 4.69) is 20.8 Å². The molecular weight excluding hydrogens is 433 g/mol. The van der Waals surface area contributed by atoms with Gasteiger partial charge in [-0.1, -0.05) is 29.3 Å². The van der Waals surface area contributed by atoms with Crippen molar-refractivity contribution in [2.24, 2.45) is 16.0 Å². The average molecular weight is 458 g/mol. The molecule has 2 saturated heterocycles. The predicted molar refractivity (Wildman–Crippen MR) is 113 cm³/mol. The lowest BCUT2D eigenvalue weighted by Gasteiger charge is -2.35. The molecule has 2 fully saturated rings. The Morgan fingerprint density at radius 1 is 1.40 bits per heavy atom. The second-order valence-electron chi connectivity index (χ2n) is 7.93. The van der Waals surface area contributed by atoms with Crippen LogP contribution in [-0.4, -0.2) is 76.2 Å². The van der Waals surface area contributed by atoms with Crippen LogP contribution in [-0.2, 0) is 4.74 Å². The number of rotatable bonds is 4. The van der Waals surface area contributed by atoms with Crippen LogP contribution < -0.4 is 10.7 Å². The van der Waals surface area contributed by atoms with E-state index in [4.69, 9.17) is 27.9 Å². The quantitative estimate of drug-likeness (QED) is 0.421. The Morgan fingerprint density at radius 2 is 2.17 bits per heavy atom. The second kappa shape index (κ2) is 8.23. The molecule has 0 bridgehead atoms. The maximum absolute atomic E-state index is 11.0. The van der Waals surface area contributed by atoms with Crippen molar-refractivity contribution in [2.45, 2.75) is 49.7 Å². The average Bonchev–Trinajstić information content (AvgIpc) is 3.24. The van der Waals surface area contributed by atoms with Gasteiger partial charge in [-0.15, -0.1) is 0 Å². The van der Waals surface area contributed by atoms with Crippen LogP contribution in [0.25, 0.3) is 0 Å². The lowest BCUT2D eigenvalue weighted by Crippen LogP contribution is -2.56. The molecule has 5 N–H and O–H groups in total. The molecule has 11 heteroatoms. The van der Waals surface area contributed by atoms with Gasteiger partial charge in [0, 0.05) is 13.6 Å². The third kappa shape index (κ3) is 3.58. The van der Waals surface area contributed by atoms with E-state index in [1.165, 1.54) is 13.0 Å². The Hall–Kier alpha value is -1.46. The minimum absolute atomic E-state index is 0.00208. The summed E-state index contributed by atoms with van der Waals surface area (Å²) in [6.07, 6.45) is -2.24. The molecule has 4 rings (SSSR count). The summed E-state index contributed by atoms with van der Waals surface area (Å²) >= 11 is 12.0. The van der Waals surface area contributed by atoms with Crippen molar-refractivity contribution in [2.75, 3.05) is 13.6 Å². The number of hydrogen-bond acceptors (Lipinski definition) is 8. The molecule has 7 atom stereocenters.